The van der Waals surface area contributed by atoms with Gasteiger partial charge in [-0.25, -0.2) is 4.79 Å². The van der Waals surface area contributed by atoms with Gasteiger partial charge in [0.2, 0.25) is 5.91 Å². The number of nitrogens with zero attached hydrogens (tertiary/aromatic N) is 1. The summed E-state index contributed by atoms with van der Waals surface area (Å²) in [5.74, 6) is -0.759. The second kappa shape index (κ2) is 14.7. The molecule has 1 heterocycles. The number of hydrogen-bond donors (Lipinski definition) is 0. The molecule has 1 aliphatic carbocycles. The molecule has 4 aromatic carbocycles. The van der Waals surface area contributed by atoms with E-state index >= 15 is 4.79 Å². The number of benzene rings is 4. The predicted molar refractivity (Wildman–Crippen MR) is 209 cm³/mol. The van der Waals surface area contributed by atoms with Crippen LogP contribution < -0.4 is 10.4 Å². The van der Waals surface area contributed by atoms with Gasteiger partial charge in [0.25, 0.3) is 8.32 Å². The first-order chi connectivity index (χ1) is 24.3. The molecular weight excluding hydrogens is 693 g/mol. The zero-order chi connectivity index (χ0) is 36.6. The highest BCUT2D eigenvalue weighted by molar-refractivity contribution is 6.99. The molecule has 5 nitrogen and oxygen atoms in total. The van der Waals surface area contributed by atoms with E-state index in [2.05, 4.69) is 81.9 Å². The number of ether oxygens (including phenoxy) is 1. The van der Waals surface area contributed by atoms with Gasteiger partial charge in [0, 0.05) is 21.5 Å². The summed E-state index contributed by atoms with van der Waals surface area (Å²) in [6, 6.07) is 36.1. The summed E-state index contributed by atoms with van der Waals surface area (Å²) in [6.45, 7) is 13.1. The van der Waals surface area contributed by atoms with Crippen molar-refractivity contribution in [2.45, 2.75) is 70.0 Å². The summed E-state index contributed by atoms with van der Waals surface area (Å²) in [5.41, 5.74) is 0.836. The summed E-state index contributed by atoms with van der Waals surface area (Å²) in [4.78, 5) is 30.6. The molecule has 0 N–H and O–H groups in total. The van der Waals surface area contributed by atoms with Gasteiger partial charge in [-0.2, -0.15) is 0 Å². The molecule has 0 bridgehead atoms. The molecule has 51 heavy (non-hydrogen) atoms. The Balaban J connectivity index is 1.54. The van der Waals surface area contributed by atoms with Crippen molar-refractivity contribution in [2.24, 2.45) is 11.3 Å². The number of methoxy groups -OCH3 is 1. The van der Waals surface area contributed by atoms with E-state index < -0.39 is 19.7 Å². The first kappa shape index (κ1) is 37.1. The fourth-order valence-corrected chi connectivity index (χ4v) is 13.1. The quantitative estimate of drug-likeness (QED) is 0.0875. The molecule has 0 spiro atoms. The largest absolute Gasteiger partial charge is 0.466 e. The summed E-state index contributed by atoms with van der Waals surface area (Å²) in [6.07, 6.45) is 2.29. The molecule has 0 aromatic heterocycles. The van der Waals surface area contributed by atoms with E-state index in [1.165, 1.54) is 17.5 Å². The number of hydrogen-bond acceptors (Lipinski definition) is 4. The molecule has 4 aromatic rings. The number of rotatable bonds is 11. The van der Waals surface area contributed by atoms with Gasteiger partial charge >= 0.3 is 5.97 Å². The lowest BCUT2D eigenvalue weighted by molar-refractivity contribution is -0.157. The Morgan fingerprint density at radius 1 is 0.882 bits per heavy atom. The van der Waals surface area contributed by atoms with Gasteiger partial charge in [0.15, 0.2) is 0 Å². The Hall–Kier alpha value is -3.68. The predicted octanol–water partition coefficient (Wildman–Crippen LogP) is 9.14. The average Bonchev–Trinajstić information content (AvgIpc) is 3.97. The van der Waals surface area contributed by atoms with Gasteiger partial charge in [0.05, 0.1) is 31.2 Å². The number of halogens is 2. The number of esters is 1. The molecule has 1 saturated heterocycles. The minimum absolute atomic E-state index is 0.143. The smallest absolute Gasteiger partial charge is 0.334 e. The first-order valence-corrected chi connectivity index (χ1v) is 20.3. The van der Waals surface area contributed by atoms with Crippen LogP contribution in [0.15, 0.2) is 121 Å². The van der Waals surface area contributed by atoms with Crippen molar-refractivity contribution in [3.63, 3.8) is 0 Å². The highest BCUT2D eigenvalue weighted by Crippen LogP contribution is 2.55. The molecule has 2 aliphatic rings. The Morgan fingerprint density at radius 2 is 1.47 bits per heavy atom. The van der Waals surface area contributed by atoms with Crippen molar-refractivity contribution in [1.29, 1.82) is 0 Å². The maximum Gasteiger partial charge on any atom is 0.334 e. The Bertz CT molecular complexity index is 1830. The molecule has 4 unspecified atom stereocenters. The summed E-state index contributed by atoms with van der Waals surface area (Å²) < 4.78 is 12.8. The fourth-order valence-electron chi connectivity index (χ4n) is 8.19. The highest BCUT2D eigenvalue weighted by Gasteiger charge is 2.57. The molecule has 1 aliphatic heterocycles. The number of likely N-dealkylation sites (tertiary alicyclic amines) is 1. The van der Waals surface area contributed by atoms with Crippen LogP contribution in [0.2, 0.25) is 15.1 Å². The van der Waals surface area contributed by atoms with Gasteiger partial charge in [-0.1, -0.05) is 135 Å². The van der Waals surface area contributed by atoms with Crippen LogP contribution in [0.1, 0.15) is 70.0 Å². The van der Waals surface area contributed by atoms with Gasteiger partial charge in [-0.15, -0.1) is 0 Å². The van der Waals surface area contributed by atoms with Crippen molar-refractivity contribution in [3.05, 3.63) is 143 Å². The van der Waals surface area contributed by atoms with Gasteiger partial charge in [-0.3, -0.25) is 4.79 Å². The summed E-state index contributed by atoms with van der Waals surface area (Å²) in [7, 11) is -1.63. The molecule has 8 heteroatoms. The van der Waals surface area contributed by atoms with E-state index in [1.54, 1.807) is 0 Å². The second-order valence-electron chi connectivity index (χ2n) is 15.3. The van der Waals surface area contributed by atoms with Crippen LogP contribution in [0, 0.1) is 11.3 Å². The van der Waals surface area contributed by atoms with E-state index in [4.69, 9.17) is 32.4 Å². The maximum absolute atomic E-state index is 15.4. The van der Waals surface area contributed by atoms with E-state index in [0.29, 0.717) is 23.1 Å². The van der Waals surface area contributed by atoms with Crippen LogP contribution in [0.25, 0.3) is 0 Å². The van der Waals surface area contributed by atoms with Crippen LogP contribution in [0.3, 0.4) is 0 Å². The lowest BCUT2D eigenvalue weighted by atomic mass is 9.65. The number of piperidine rings is 1. The highest BCUT2D eigenvalue weighted by atomic mass is 35.5. The third kappa shape index (κ3) is 7.08. The fraction of sp³-hybridized carbons (Fsp3) is 0.349. The van der Waals surface area contributed by atoms with E-state index in [9.17, 15) is 4.79 Å². The molecular formula is C43H47Cl2NO4Si. The number of amides is 1. The van der Waals surface area contributed by atoms with Crippen molar-refractivity contribution < 1.29 is 18.8 Å². The molecule has 4 atom stereocenters. The van der Waals surface area contributed by atoms with Gasteiger partial charge in [-0.05, 0) is 82.9 Å². The lowest BCUT2D eigenvalue weighted by Gasteiger charge is -2.53. The third-order valence-corrected chi connectivity index (χ3v) is 16.5. The SMILES string of the molecule is C=C(C(=O)OC)C1(C)CC(c2cccc(Cl)c2)C(c2ccc(Cl)cc2)N(C(CO[Si](c2ccccc2)(c2ccccc2)C(C)(C)C)C2CC2)C1=O. The van der Waals surface area contributed by atoms with Gasteiger partial charge < -0.3 is 14.1 Å². The average molecular weight is 741 g/mol. The Morgan fingerprint density at radius 3 is 1.98 bits per heavy atom. The second-order valence-corrected chi connectivity index (χ2v) is 20.4. The van der Waals surface area contributed by atoms with Gasteiger partial charge in [0.1, 0.15) is 0 Å². The topological polar surface area (TPSA) is 55.8 Å². The van der Waals surface area contributed by atoms with Crippen LogP contribution in [-0.4, -0.2) is 44.9 Å². The van der Waals surface area contributed by atoms with Crippen molar-refractivity contribution in [3.8, 4) is 0 Å². The molecule has 0 radical (unpaired) electrons. The molecule has 2 fully saturated rings. The molecule has 266 valence electrons. The molecule has 1 amide bonds. The minimum atomic E-state index is -2.96. The van der Waals surface area contributed by atoms with E-state index in [1.807, 2.05) is 66.4 Å². The van der Waals surface area contributed by atoms with Crippen molar-refractivity contribution >= 4 is 53.8 Å². The van der Waals surface area contributed by atoms with Crippen LogP contribution in [-0.2, 0) is 18.8 Å². The Kier molecular flexibility index (Phi) is 10.7. The van der Waals surface area contributed by atoms with Crippen molar-refractivity contribution in [2.75, 3.05) is 13.7 Å². The Labute approximate surface area is 313 Å². The van der Waals surface area contributed by atoms with E-state index in [0.717, 1.165) is 24.0 Å². The number of carbonyl (C=O) groups excluding carboxylic acids is 2. The minimum Gasteiger partial charge on any atom is -0.466 e. The summed E-state index contributed by atoms with van der Waals surface area (Å²) in [5, 5.41) is 3.33. The standard InChI is InChI=1S/C43H47Cl2NO4Si/c1-29(40(47)49-6)43(5)27-37(32-14-13-15-34(45)26-32)39(31-22-24-33(44)25-23-31)46(41(43)48)38(30-20-21-30)28-50-51(42(2,3)4,35-16-9-7-10-17-35)36-18-11-8-12-19-36/h7-19,22-26,30,37-39H,1,20-21,27-28H2,2-6H3. The van der Waals surface area contributed by atoms with E-state index in [-0.39, 0.29) is 40.4 Å². The first-order valence-electron chi connectivity index (χ1n) is 17.7. The normalized spacial score (nSPS) is 21.6. The third-order valence-electron chi connectivity index (χ3n) is 11.0. The molecule has 1 saturated carbocycles. The summed E-state index contributed by atoms with van der Waals surface area (Å²) >= 11 is 13.1. The molecule has 6 rings (SSSR count). The number of carbonyl (C=O) groups is 2. The van der Waals surface area contributed by atoms with Crippen LogP contribution >= 0.6 is 23.2 Å². The monoisotopic (exact) mass is 739 g/mol. The van der Waals surface area contributed by atoms with Crippen LogP contribution in [0.5, 0.6) is 0 Å². The maximum atomic E-state index is 15.4. The lowest BCUT2D eigenvalue weighted by Crippen LogP contribution is -2.68. The van der Waals surface area contributed by atoms with Crippen molar-refractivity contribution in [1.82, 2.24) is 4.90 Å². The van der Waals surface area contributed by atoms with Crippen LogP contribution in [0.4, 0.5) is 0 Å². The zero-order valence-corrected chi connectivity index (χ0v) is 32.6. The zero-order valence-electron chi connectivity index (χ0n) is 30.1.